The van der Waals surface area contributed by atoms with Gasteiger partial charge in [0.05, 0.1) is 5.25 Å². The first-order valence-electron chi connectivity index (χ1n) is 4.80. The van der Waals surface area contributed by atoms with Crippen LogP contribution in [-0.4, -0.2) is 36.0 Å². The van der Waals surface area contributed by atoms with Gasteiger partial charge in [-0.3, -0.25) is 4.79 Å². The van der Waals surface area contributed by atoms with Gasteiger partial charge >= 0.3 is 0 Å². The van der Waals surface area contributed by atoms with E-state index in [0.717, 1.165) is 18.8 Å². The number of terminal acetylenes is 1. The SMILES string of the molecule is C#CCC(C)NC(=O)C1CNCCS1. The highest BCUT2D eigenvalue weighted by molar-refractivity contribution is 8.00. The molecule has 1 aliphatic heterocycles. The average Bonchev–Trinajstić information content (AvgIpc) is 2.19. The van der Waals surface area contributed by atoms with E-state index in [-0.39, 0.29) is 17.2 Å². The Bertz CT molecular complexity index is 231. The zero-order chi connectivity index (χ0) is 10.4. The number of hydrogen-bond acceptors (Lipinski definition) is 3. The smallest absolute Gasteiger partial charge is 0.234 e. The second-order valence-electron chi connectivity index (χ2n) is 3.38. The summed E-state index contributed by atoms with van der Waals surface area (Å²) >= 11 is 1.71. The van der Waals surface area contributed by atoms with Crippen molar-refractivity contribution in [1.29, 1.82) is 0 Å². The molecule has 2 atom stereocenters. The van der Waals surface area contributed by atoms with Crippen molar-refractivity contribution in [2.75, 3.05) is 18.8 Å². The predicted octanol–water partition coefficient (Wildman–Crippen LogP) is 0.219. The zero-order valence-electron chi connectivity index (χ0n) is 8.38. The fourth-order valence-electron chi connectivity index (χ4n) is 1.30. The monoisotopic (exact) mass is 212 g/mol. The van der Waals surface area contributed by atoms with Crippen LogP contribution in [0.15, 0.2) is 0 Å². The minimum absolute atomic E-state index is 0.0453. The highest BCUT2D eigenvalue weighted by Gasteiger charge is 2.22. The summed E-state index contributed by atoms with van der Waals surface area (Å²) in [6.07, 6.45) is 5.76. The summed E-state index contributed by atoms with van der Waals surface area (Å²) in [7, 11) is 0. The molecule has 1 heterocycles. The Hall–Kier alpha value is -0.660. The van der Waals surface area contributed by atoms with E-state index in [2.05, 4.69) is 16.6 Å². The Morgan fingerprint density at radius 2 is 2.64 bits per heavy atom. The molecule has 0 aliphatic carbocycles. The molecule has 1 amide bonds. The molecule has 2 unspecified atom stereocenters. The number of hydrogen-bond donors (Lipinski definition) is 2. The van der Waals surface area contributed by atoms with Crippen molar-refractivity contribution in [2.45, 2.75) is 24.6 Å². The van der Waals surface area contributed by atoms with E-state index < -0.39 is 0 Å². The lowest BCUT2D eigenvalue weighted by atomic mass is 10.2. The van der Waals surface area contributed by atoms with Crippen LogP contribution >= 0.6 is 11.8 Å². The van der Waals surface area contributed by atoms with Crippen LogP contribution < -0.4 is 10.6 Å². The third kappa shape index (κ3) is 3.60. The quantitative estimate of drug-likeness (QED) is 0.658. The minimum Gasteiger partial charge on any atom is -0.352 e. The summed E-state index contributed by atoms with van der Waals surface area (Å²) in [6, 6.07) is 0.0787. The van der Waals surface area contributed by atoms with Gasteiger partial charge < -0.3 is 10.6 Å². The standard InChI is InChI=1S/C10H16N2OS/c1-3-4-8(2)12-10(13)9-7-11-5-6-14-9/h1,8-9,11H,4-7H2,2H3,(H,12,13). The summed E-state index contributed by atoms with van der Waals surface area (Å²) in [5.74, 6) is 3.64. The molecular formula is C10H16N2OS. The van der Waals surface area contributed by atoms with Gasteiger partial charge in [0.25, 0.3) is 0 Å². The van der Waals surface area contributed by atoms with Crippen molar-refractivity contribution in [3.63, 3.8) is 0 Å². The van der Waals surface area contributed by atoms with E-state index in [0.29, 0.717) is 6.42 Å². The third-order valence-electron chi connectivity index (χ3n) is 2.03. The van der Waals surface area contributed by atoms with Gasteiger partial charge in [-0.2, -0.15) is 0 Å². The number of amides is 1. The molecule has 0 aromatic rings. The topological polar surface area (TPSA) is 41.1 Å². The van der Waals surface area contributed by atoms with Crippen molar-refractivity contribution in [3.05, 3.63) is 0 Å². The van der Waals surface area contributed by atoms with Gasteiger partial charge in [-0.1, -0.05) is 0 Å². The minimum atomic E-state index is 0.0453. The van der Waals surface area contributed by atoms with Crippen LogP contribution in [0.4, 0.5) is 0 Å². The molecule has 1 fully saturated rings. The molecule has 0 aromatic carbocycles. The molecule has 0 radical (unpaired) electrons. The fraction of sp³-hybridized carbons (Fsp3) is 0.700. The predicted molar refractivity (Wildman–Crippen MR) is 60.2 cm³/mol. The molecule has 3 nitrogen and oxygen atoms in total. The third-order valence-corrected chi connectivity index (χ3v) is 3.26. The first-order valence-corrected chi connectivity index (χ1v) is 5.85. The summed E-state index contributed by atoms with van der Waals surface area (Å²) in [4.78, 5) is 11.6. The van der Waals surface area contributed by atoms with Crippen LogP contribution in [0.5, 0.6) is 0 Å². The van der Waals surface area contributed by atoms with E-state index in [1.54, 1.807) is 11.8 Å². The Kier molecular flexibility index (Phi) is 4.85. The van der Waals surface area contributed by atoms with E-state index >= 15 is 0 Å². The maximum absolute atomic E-state index is 11.6. The zero-order valence-corrected chi connectivity index (χ0v) is 9.19. The Morgan fingerprint density at radius 3 is 3.21 bits per heavy atom. The van der Waals surface area contributed by atoms with E-state index in [9.17, 15) is 4.79 Å². The maximum atomic E-state index is 11.6. The van der Waals surface area contributed by atoms with Gasteiger partial charge in [-0.05, 0) is 6.92 Å². The van der Waals surface area contributed by atoms with Crippen LogP contribution in [0.2, 0.25) is 0 Å². The van der Waals surface area contributed by atoms with Crippen molar-refractivity contribution in [2.24, 2.45) is 0 Å². The molecule has 2 N–H and O–H groups in total. The molecule has 78 valence electrons. The van der Waals surface area contributed by atoms with E-state index in [4.69, 9.17) is 6.42 Å². The summed E-state index contributed by atoms with van der Waals surface area (Å²) < 4.78 is 0. The molecule has 1 saturated heterocycles. The first kappa shape index (κ1) is 11.4. The molecule has 0 spiro atoms. The molecule has 14 heavy (non-hydrogen) atoms. The van der Waals surface area contributed by atoms with Crippen LogP contribution in [0.1, 0.15) is 13.3 Å². The Balaban J connectivity index is 2.30. The lowest BCUT2D eigenvalue weighted by Gasteiger charge is -2.23. The van der Waals surface area contributed by atoms with Crippen molar-refractivity contribution in [1.82, 2.24) is 10.6 Å². The fourth-order valence-corrected chi connectivity index (χ4v) is 2.30. The Labute approximate surface area is 89.4 Å². The van der Waals surface area contributed by atoms with Crippen LogP contribution in [0, 0.1) is 12.3 Å². The van der Waals surface area contributed by atoms with Crippen LogP contribution in [-0.2, 0) is 4.79 Å². The number of thioether (sulfide) groups is 1. The highest BCUT2D eigenvalue weighted by Crippen LogP contribution is 2.13. The summed E-state index contributed by atoms with van der Waals surface area (Å²) in [6.45, 7) is 3.69. The lowest BCUT2D eigenvalue weighted by Crippen LogP contribution is -2.45. The molecule has 4 heteroatoms. The van der Waals surface area contributed by atoms with Gasteiger partial charge in [0.15, 0.2) is 0 Å². The Morgan fingerprint density at radius 1 is 1.86 bits per heavy atom. The van der Waals surface area contributed by atoms with Crippen molar-refractivity contribution >= 4 is 17.7 Å². The number of rotatable bonds is 3. The average molecular weight is 212 g/mol. The van der Waals surface area contributed by atoms with Crippen molar-refractivity contribution < 1.29 is 4.79 Å². The molecule has 0 saturated carbocycles. The molecule has 0 bridgehead atoms. The number of carbonyl (C=O) groups is 1. The number of nitrogens with one attached hydrogen (secondary N) is 2. The van der Waals surface area contributed by atoms with Crippen LogP contribution in [0.25, 0.3) is 0 Å². The van der Waals surface area contributed by atoms with E-state index in [1.807, 2.05) is 6.92 Å². The lowest BCUT2D eigenvalue weighted by molar-refractivity contribution is -0.121. The van der Waals surface area contributed by atoms with Gasteiger partial charge in [0.1, 0.15) is 0 Å². The van der Waals surface area contributed by atoms with Gasteiger partial charge in [-0.15, -0.1) is 24.1 Å². The van der Waals surface area contributed by atoms with Gasteiger partial charge in [-0.25, -0.2) is 0 Å². The van der Waals surface area contributed by atoms with Crippen molar-refractivity contribution in [3.8, 4) is 12.3 Å². The highest BCUT2D eigenvalue weighted by atomic mass is 32.2. The normalized spacial score (nSPS) is 23.6. The van der Waals surface area contributed by atoms with Crippen LogP contribution in [0.3, 0.4) is 0 Å². The summed E-state index contributed by atoms with van der Waals surface area (Å²) in [5, 5.41) is 6.15. The van der Waals surface area contributed by atoms with Gasteiger partial charge in [0, 0.05) is 31.3 Å². The molecule has 1 rings (SSSR count). The van der Waals surface area contributed by atoms with Gasteiger partial charge in [0.2, 0.25) is 5.91 Å². The molecule has 1 aliphatic rings. The maximum Gasteiger partial charge on any atom is 0.234 e. The molecular weight excluding hydrogens is 196 g/mol. The van der Waals surface area contributed by atoms with E-state index in [1.165, 1.54) is 0 Å². The second kappa shape index (κ2) is 5.94. The summed E-state index contributed by atoms with van der Waals surface area (Å²) in [5.41, 5.74) is 0. The molecule has 0 aromatic heterocycles. The number of carbonyl (C=O) groups excluding carboxylic acids is 1. The first-order chi connectivity index (χ1) is 6.74. The largest absolute Gasteiger partial charge is 0.352 e. The second-order valence-corrected chi connectivity index (χ2v) is 4.69.